The van der Waals surface area contributed by atoms with E-state index in [1.165, 1.54) is 0 Å². The normalized spacial score (nSPS) is 11.5. The van der Waals surface area contributed by atoms with Crippen LogP contribution in [0.3, 0.4) is 0 Å². The minimum Gasteiger partial charge on any atom is -0.355 e. The molecule has 0 unspecified atom stereocenters. The first-order valence-electron chi connectivity index (χ1n) is 9.36. The van der Waals surface area contributed by atoms with Crippen molar-refractivity contribution in [3.8, 4) is 0 Å². The Labute approximate surface area is 169 Å². The molecule has 0 spiro atoms. The van der Waals surface area contributed by atoms with Crippen molar-refractivity contribution in [3.05, 3.63) is 75.3 Å². The second-order valence-electron chi connectivity index (χ2n) is 7.55. The first kappa shape index (κ1) is 20.1. The Balaban J connectivity index is 1.51. The average molecular weight is 398 g/mol. The Hall–Kier alpha value is -2.66. The summed E-state index contributed by atoms with van der Waals surface area (Å²) in [6, 6.07) is 14.9. The van der Waals surface area contributed by atoms with Crippen molar-refractivity contribution in [1.29, 1.82) is 0 Å². The van der Waals surface area contributed by atoms with Crippen LogP contribution in [-0.2, 0) is 16.6 Å². The molecule has 146 valence electrons. The molecule has 0 aliphatic carbocycles. The molecule has 0 atom stereocenters. The minimum atomic E-state index is -0.189. The number of nitrogens with one attached hydrogen (secondary N) is 2. The van der Waals surface area contributed by atoms with Gasteiger partial charge in [-0.1, -0.05) is 49.7 Å². The molecule has 3 rings (SSSR count). The van der Waals surface area contributed by atoms with Crippen molar-refractivity contribution in [2.75, 3.05) is 6.54 Å². The van der Waals surface area contributed by atoms with Gasteiger partial charge in [0.1, 0.15) is 5.82 Å². The van der Waals surface area contributed by atoms with Crippen molar-refractivity contribution in [3.63, 3.8) is 0 Å². The van der Waals surface area contributed by atoms with E-state index >= 15 is 0 Å². The van der Waals surface area contributed by atoms with Gasteiger partial charge in [-0.2, -0.15) is 0 Å². The van der Waals surface area contributed by atoms with E-state index in [1.54, 1.807) is 6.07 Å². The lowest BCUT2D eigenvalue weighted by Crippen LogP contribution is -2.36. The number of aryl methyl sites for hydroxylation is 1. The summed E-state index contributed by atoms with van der Waals surface area (Å²) in [5, 5.41) is 4.27. The van der Waals surface area contributed by atoms with Gasteiger partial charge in [-0.15, -0.1) is 0 Å². The largest absolute Gasteiger partial charge is 0.355 e. The number of hydrogen-bond donors (Lipinski definition) is 2. The van der Waals surface area contributed by atoms with Crippen molar-refractivity contribution >= 4 is 28.4 Å². The van der Waals surface area contributed by atoms with E-state index in [-0.39, 0.29) is 16.9 Å². The summed E-state index contributed by atoms with van der Waals surface area (Å²) in [7, 11) is 0. The molecule has 0 fully saturated rings. The Bertz CT molecular complexity index is 1030. The van der Waals surface area contributed by atoms with Gasteiger partial charge in [0.25, 0.3) is 5.56 Å². The van der Waals surface area contributed by atoms with Gasteiger partial charge >= 0.3 is 0 Å². The van der Waals surface area contributed by atoms with Crippen LogP contribution in [0, 0.1) is 0 Å². The predicted octanol–water partition coefficient (Wildman–Crippen LogP) is 3.99. The number of carbonyl (C=O) groups is 1. The van der Waals surface area contributed by atoms with Gasteiger partial charge in [0.15, 0.2) is 0 Å². The summed E-state index contributed by atoms with van der Waals surface area (Å²) in [6.45, 7) is 4.71. The number of amides is 1. The number of para-hydroxylation sites is 1. The summed E-state index contributed by atoms with van der Waals surface area (Å²) in [5.41, 5.74) is 1.46. The van der Waals surface area contributed by atoms with Crippen molar-refractivity contribution in [2.24, 2.45) is 0 Å². The highest BCUT2D eigenvalue weighted by atomic mass is 35.5. The average Bonchev–Trinajstić information content (AvgIpc) is 2.67. The number of aromatic amines is 1. The van der Waals surface area contributed by atoms with Crippen LogP contribution in [0.2, 0.25) is 5.02 Å². The maximum atomic E-state index is 12.2. The molecule has 1 heterocycles. The smallest absolute Gasteiger partial charge is 0.258 e. The molecule has 0 aliphatic heterocycles. The SMILES string of the molecule is CC(C)(CNC(=O)CCCc1nc2ccccc2c(=O)[nH]1)c1ccc(Cl)cc1. The van der Waals surface area contributed by atoms with E-state index in [2.05, 4.69) is 29.1 Å². The fourth-order valence-electron chi connectivity index (χ4n) is 3.08. The number of fused-ring (bicyclic) bond motifs is 1. The summed E-state index contributed by atoms with van der Waals surface area (Å²) < 4.78 is 0. The predicted molar refractivity (Wildman–Crippen MR) is 113 cm³/mol. The third-order valence-corrected chi connectivity index (χ3v) is 5.08. The fraction of sp³-hybridized carbons (Fsp3) is 0.318. The highest BCUT2D eigenvalue weighted by molar-refractivity contribution is 6.30. The number of H-pyrrole nitrogens is 1. The van der Waals surface area contributed by atoms with E-state index in [4.69, 9.17) is 11.6 Å². The molecule has 3 aromatic rings. The van der Waals surface area contributed by atoms with E-state index in [9.17, 15) is 9.59 Å². The van der Waals surface area contributed by atoms with Crippen molar-refractivity contribution < 1.29 is 4.79 Å². The molecule has 6 heteroatoms. The number of benzene rings is 2. The molecular weight excluding hydrogens is 374 g/mol. The Morgan fingerprint density at radius 2 is 1.86 bits per heavy atom. The number of halogens is 1. The molecule has 2 N–H and O–H groups in total. The molecule has 5 nitrogen and oxygen atoms in total. The second kappa shape index (κ2) is 8.57. The summed E-state index contributed by atoms with van der Waals surface area (Å²) in [6.07, 6.45) is 1.55. The molecular formula is C22H24ClN3O2. The lowest BCUT2D eigenvalue weighted by Gasteiger charge is -2.25. The van der Waals surface area contributed by atoms with E-state index < -0.39 is 0 Å². The number of nitrogens with zero attached hydrogens (tertiary/aromatic N) is 1. The first-order chi connectivity index (χ1) is 13.3. The van der Waals surface area contributed by atoms with Crippen LogP contribution in [0.25, 0.3) is 10.9 Å². The van der Waals surface area contributed by atoms with Crippen LogP contribution < -0.4 is 10.9 Å². The maximum Gasteiger partial charge on any atom is 0.258 e. The number of carbonyl (C=O) groups excluding carboxylic acids is 1. The van der Waals surface area contributed by atoms with Crippen LogP contribution in [0.5, 0.6) is 0 Å². The zero-order valence-electron chi connectivity index (χ0n) is 16.1. The lowest BCUT2D eigenvalue weighted by atomic mass is 9.84. The van der Waals surface area contributed by atoms with Gasteiger partial charge in [0.05, 0.1) is 10.9 Å². The molecule has 1 amide bonds. The van der Waals surface area contributed by atoms with Gasteiger partial charge < -0.3 is 10.3 Å². The monoisotopic (exact) mass is 397 g/mol. The molecule has 0 radical (unpaired) electrons. The highest BCUT2D eigenvalue weighted by Gasteiger charge is 2.21. The van der Waals surface area contributed by atoms with E-state index in [0.717, 1.165) is 5.56 Å². The summed E-state index contributed by atoms with van der Waals surface area (Å²) >= 11 is 5.94. The third kappa shape index (κ3) is 4.98. The maximum absolute atomic E-state index is 12.2. The van der Waals surface area contributed by atoms with E-state index in [1.807, 2.05) is 42.5 Å². The third-order valence-electron chi connectivity index (χ3n) is 4.83. The lowest BCUT2D eigenvalue weighted by molar-refractivity contribution is -0.121. The van der Waals surface area contributed by atoms with Crippen LogP contribution in [-0.4, -0.2) is 22.4 Å². The second-order valence-corrected chi connectivity index (χ2v) is 7.99. The Kier molecular flexibility index (Phi) is 6.15. The van der Waals surface area contributed by atoms with Gasteiger partial charge in [-0.3, -0.25) is 9.59 Å². The quantitative estimate of drug-likeness (QED) is 0.632. The summed E-state index contributed by atoms with van der Waals surface area (Å²) in [5.74, 6) is 0.600. The zero-order chi connectivity index (χ0) is 20.1. The summed E-state index contributed by atoms with van der Waals surface area (Å²) in [4.78, 5) is 31.6. The van der Waals surface area contributed by atoms with Crippen LogP contribution in [0.15, 0.2) is 53.3 Å². The van der Waals surface area contributed by atoms with E-state index in [0.29, 0.717) is 47.6 Å². The molecule has 0 aliphatic rings. The van der Waals surface area contributed by atoms with Crippen molar-refractivity contribution in [1.82, 2.24) is 15.3 Å². The fourth-order valence-corrected chi connectivity index (χ4v) is 3.21. The molecule has 0 bridgehead atoms. The van der Waals surface area contributed by atoms with Gasteiger partial charge in [-0.25, -0.2) is 4.98 Å². The van der Waals surface area contributed by atoms with Crippen LogP contribution >= 0.6 is 11.6 Å². The number of aromatic nitrogens is 2. The standard InChI is InChI=1S/C22H24ClN3O2/c1-22(2,15-10-12-16(23)13-11-15)14-24-20(27)9-5-8-19-25-18-7-4-3-6-17(18)21(28)26-19/h3-4,6-7,10-13H,5,8-9,14H2,1-2H3,(H,24,27)(H,25,26,28). The zero-order valence-corrected chi connectivity index (χ0v) is 16.8. The molecule has 0 saturated carbocycles. The number of hydrogen-bond acceptors (Lipinski definition) is 3. The molecule has 28 heavy (non-hydrogen) atoms. The van der Waals surface area contributed by atoms with Gasteiger partial charge in [-0.05, 0) is 36.2 Å². The van der Waals surface area contributed by atoms with Gasteiger partial charge in [0, 0.05) is 29.8 Å². The minimum absolute atomic E-state index is 0.00910. The number of rotatable bonds is 7. The van der Waals surface area contributed by atoms with Crippen LogP contribution in [0.4, 0.5) is 0 Å². The van der Waals surface area contributed by atoms with Crippen molar-refractivity contribution in [2.45, 2.75) is 38.5 Å². The van der Waals surface area contributed by atoms with Crippen LogP contribution in [0.1, 0.15) is 38.1 Å². The first-order valence-corrected chi connectivity index (χ1v) is 9.74. The van der Waals surface area contributed by atoms with Gasteiger partial charge in [0.2, 0.25) is 5.91 Å². The Morgan fingerprint density at radius 3 is 2.61 bits per heavy atom. The highest BCUT2D eigenvalue weighted by Crippen LogP contribution is 2.23. The topological polar surface area (TPSA) is 74.8 Å². The molecule has 1 aromatic heterocycles. The molecule has 0 saturated heterocycles. The Morgan fingerprint density at radius 1 is 1.14 bits per heavy atom. The molecule has 2 aromatic carbocycles.